The highest BCUT2D eigenvalue weighted by Gasteiger charge is 2.19. The van der Waals surface area contributed by atoms with Crippen LogP contribution in [0.1, 0.15) is 6.92 Å². The molecule has 128 valence electrons. The van der Waals surface area contributed by atoms with Crippen LogP contribution in [-0.4, -0.2) is 37.0 Å². The quantitative estimate of drug-likeness (QED) is 0.825. The van der Waals surface area contributed by atoms with Gasteiger partial charge in [0.1, 0.15) is 18.2 Å². The SMILES string of the molecule is C[C@H](C(=O)Nc1ccccc1F)N(C)CCOc1ccc(Cl)cc1. The van der Waals surface area contributed by atoms with E-state index in [1.165, 1.54) is 12.1 Å². The van der Waals surface area contributed by atoms with Gasteiger partial charge in [-0.25, -0.2) is 4.39 Å². The number of nitrogens with one attached hydrogen (secondary N) is 1. The van der Waals surface area contributed by atoms with Crippen LogP contribution in [0.2, 0.25) is 5.02 Å². The Balaban J connectivity index is 1.80. The number of hydrogen-bond donors (Lipinski definition) is 1. The van der Waals surface area contributed by atoms with E-state index in [0.29, 0.717) is 18.2 Å². The summed E-state index contributed by atoms with van der Waals surface area (Å²) < 4.78 is 19.2. The Bertz CT molecular complexity index is 679. The van der Waals surface area contributed by atoms with Crippen molar-refractivity contribution in [2.24, 2.45) is 0 Å². The molecule has 1 N–H and O–H groups in total. The average molecular weight is 351 g/mol. The molecule has 6 heteroatoms. The van der Waals surface area contributed by atoms with Crippen molar-refractivity contribution in [2.45, 2.75) is 13.0 Å². The lowest BCUT2D eigenvalue weighted by molar-refractivity contribution is -0.120. The maximum atomic E-state index is 13.6. The van der Waals surface area contributed by atoms with Gasteiger partial charge in [-0.1, -0.05) is 23.7 Å². The molecule has 0 heterocycles. The summed E-state index contributed by atoms with van der Waals surface area (Å²) in [6.07, 6.45) is 0. The fourth-order valence-corrected chi connectivity index (χ4v) is 2.16. The second-order valence-electron chi connectivity index (χ2n) is 5.43. The molecular weight excluding hydrogens is 331 g/mol. The van der Waals surface area contributed by atoms with Crippen LogP contribution in [0.5, 0.6) is 5.75 Å². The average Bonchev–Trinajstić information content (AvgIpc) is 2.58. The van der Waals surface area contributed by atoms with Crippen LogP contribution in [0.15, 0.2) is 48.5 Å². The molecule has 0 aliphatic carbocycles. The van der Waals surface area contributed by atoms with E-state index in [-0.39, 0.29) is 11.6 Å². The van der Waals surface area contributed by atoms with Crippen molar-refractivity contribution in [3.05, 3.63) is 59.4 Å². The first kappa shape index (κ1) is 18.2. The summed E-state index contributed by atoms with van der Waals surface area (Å²) in [6.45, 7) is 2.74. The number of carbonyl (C=O) groups is 1. The van der Waals surface area contributed by atoms with Gasteiger partial charge in [-0.2, -0.15) is 0 Å². The van der Waals surface area contributed by atoms with E-state index in [1.807, 2.05) is 11.9 Å². The highest BCUT2D eigenvalue weighted by Crippen LogP contribution is 2.16. The number of likely N-dealkylation sites (N-methyl/N-ethyl adjacent to an activating group) is 1. The number of anilines is 1. The minimum atomic E-state index is -0.452. The van der Waals surface area contributed by atoms with Crippen LogP contribution in [0.3, 0.4) is 0 Å². The highest BCUT2D eigenvalue weighted by molar-refractivity contribution is 6.30. The number of ether oxygens (including phenoxy) is 1. The maximum absolute atomic E-state index is 13.6. The molecule has 2 rings (SSSR count). The van der Waals surface area contributed by atoms with Crippen molar-refractivity contribution in [3.8, 4) is 5.75 Å². The molecule has 0 aromatic heterocycles. The molecule has 0 saturated heterocycles. The maximum Gasteiger partial charge on any atom is 0.241 e. The number of hydrogen-bond acceptors (Lipinski definition) is 3. The zero-order chi connectivity index (χ0) is 17.5. The van der Waals surface area contributed by atoms with Crippen molar-refractivity contribution >= 4 is 23.2 Å². The van der Waals surface area contributed by atoms with Crippen LogP contribution in [0.4, 0.5) is 10.1 Å². The Morgan fingerprint density at radius 2 is 1.92 bits per heavy atom. The normalized spacial score (nSPS) is 12.0. The fourth-order valence-electron chi connectivity index (χ4n) is 2.03. The Morgan fingerprint density at radius 3 is 2.58 bits per heavy atom. The smallest absolute Gasteiger partial charge is 0.241 e. The Kier molecular flexibility index (Phi) is 6.58. The molecule has 0 aliphatic rings. The summed E-state index contributed by atoms with van der Waals surface area (Å²) in [4.78, 5) is 14.0. The Morgan fingerprint density at radius 1 is 1.25 bits per heavy atom. The third-order valence-corrected chi connectivity index (χ3v) is 3.95. The van der Waals surface area contributed by atoms with Gasteiger partial charge in [0.2, 0.25) is 5.91 Å². The molecule has 0 saturated carbocycles. The minimum absolute atomic E-state index is 0.181. The molecule has 0 radical (unpaired) electrons. The monoisotopic (exact) mass is 350 g/mol. The first-order chi connectivity index (χ1) is 11.5. The molecule has 1 amide bonds. The zero-order valence-corrected chi connectivity index (χ0v) is 14.4. The van der Waals surface area contributed by atoms with Crippen LogP contribution in [-0.2, 0) is 4.79 Å². The van der Waals surface area contributed by atoms with Crippen molar-refractivity contribution in [1.29, 1.82) is 0 Å². The molecule has 0 bridgehead atoms. The first-order valence-electron chi connectivity index (χ1n) is 7.61. The van der Waals surface area contributed by atoms with Gasteiger partial charge in [-0.15, -0.1) is 0 Å². The van der Waals surface area contributed by atoms with E-state index in [2.05, 4.69) is 5.32 Å². The molecule has 0 fully saturated rings. The molecule has 4 nitrogen and oxygen atoms in total. The van der Waals surface area contributed by atoms with E-state index < -0.39 is 11.9 Å². The van der Waals surface area contributed by atoms with Gasteiger partial charge >= 0.3 is 0 Å². The van der Waals surface area contributed by atoms with Gasteiger partial charge in [0, 0.05) is 11.6 Å². The fraction of sp³-hybridized carbons (Fsp3) is 0.278. The lowest BCUT2D eigenvalue weighted by Crippen LogP contribution is -2.41. The van der Waals surface area contributed by atoms with Gasteiger partial charge in [-0.3, -0.25) is 9.69 Å². The standard InChI is InChI=1S/C18H20ClFN2O2/c1-13(18(23)21-17-6-4-3-5-16(17)20)22(2)11-12-24-15-9-7-14(19)8-10-15/h3-10,13H,11-12H2,1-2H3,(H,21,23)/t13-/m1/s1. The largest absolute Gasteiger partial charge is 0.492 e. The molecule has 0 aliphatic heterocycles. The third kappa shape index (κ3) is 5.22. The molecule has 24 heavy (non-hydrogen) atoms. The Hall–Kier alpha value is -2.11. The number of rotatable bonds is 7. The minimum Gasteiger partial charge on any atom is -0.492 e. The molecule has 0 spiro atoms. The first-order valence-corrected chi connectivity index (χ1v) is 7.99. The van der Waals surface area contributed by atoms with Crippen LogP contribution in [0.25, 0.3) is 0 Å². The number of carbonyl (C=O) groups excluding carboxylic acids is 1. The highest BCUT2D eigenvalue weighted by atomic mass is 35.5. The summed E-state index contributed by atoms with van der Waals surface area (Å²) in [5, 5.41) is 3.24. The third-order valence-electron chi connectivity index (χ3n) is 3.70. The van der Waals surface area contributed by atoms with Crippen molar-refractivity contribution in [2.75, 3.05) is 25.5 Å². The van der Waals surface area contributed by atoms with Crippen molar-refractivity contribution in [3.63, 3.8) is 0 Å². The van der Waals surface area contributed by atoms with E-state index in [0.717, 1.165) is 5.75 Å². The summed E-state index contributed by atoms with van der Waals surface area (Å²) in [5.41, 5.74) is 0.181. The van der Waals surface area contributed by atoms with E-state index in [9.17, 15) is 9.18 Å². The summed E-state index contributed by atoms with van der Waals surface area (Å²) in [7, 11) is 1.82. The number of amides is 1. The van der Waals surface area contributed by atoms with Gasteiger partial charge in [0.15, 0.2) is 0 Å². The van der Waals surface area contributed by atoms with Crippen LogP contribution in [0, 0.1) is 5.82 Å². The van der Waals surface area contributed by atoms with Gasteiger partial charge in [0.25, 0.3) is 0 Å². The molecule has 2 aromatic carbocycles. The lowest BCUT2D eigenvalue weighted by atomic mass is 10.2. The van der Waals surface area contributed by atoms with Crippen molar-refractivity contribution in [1.82, 2.24) is 4.90 Å². The zero-order valence-electron chi connectivity index (χ0n) is 13.6. The second kappa shape index (κ2) is 8.66. The Labute approximate surface area is 146 Å². The van der Waals surface area contributed by atoms with E-state index in [4.69, 9.17) is 16.3 Å². The predicted octanol–water partition coefficient (Wildman–Crippen LogP) is 3.82. The predicted molar refractivity (Wildman–Crippen MR) is 94.1 cm³/mol. The van der Waals surface area contributed by atoms with Gasteiger partial charge in [-0.05, 0) is 50.4 Å². The van der Waals surface area contributed by atoms with Crippen LogP contribution < -0.4 is 10.1 Å². The van der Waals surface area contributed by atoms with Gasteiger partial charge < -0.3 is 10.1 Å². The number of nitrogens with zero attached hydrogens (tertiary/aromatic N) is 1. The van der Waals surface area contributed by atoms with E-state index in [1.54, 1.807) is 43.3 Å². The molecule has 2 aromatic rings. The van der Waals surface area contributed by atoms with Gasteiger partial charge in [0.05, 0.1) is 11.7 Å². The van der Waals surface area contributed by atoms with E-state index >= 15 is 0 Å². The number of benzene rings is 2. The van der Waals surface area contributed by atoms with Crippen molar-refractivity contribution < 1.29 is 13.9 Å². The second-order valence-corrected chi connectivity index (χ2v) is 5.86. The molecular formula is C18H20ClFN2O2. The summed E-state index contributed by atoms with van der Waals surface area (Å²) in [6, 6.07) is 12.8. The van der Waals surface area contributed by atoms with Crippen LogP contribution >= 0.6 is 11.6 Å². The molecule has 1 atom stereocenters. The number of halogens is 2. The lowest BCUT2D eigenvalue weighted by Gasteiger charge is -2.24. The molecule has 0 unspecified atom stereocenters. The number of para-hydroxylation sites is 1. The summed E-state index contributed by atoms with van der Waals surface area (Å²) >= 11 is 5.82. The summed E-state index contributed by atoms with van der Waals surface area (Å²) in [5.74, 6) is -0.00266. The topological polar surface area (TPSA) is 41.6 Å².